The van der Waals surface area contributed by atoms with Crippen LogP contribution >= 0.6 is 0 Å². The maximum atomic E-state index is 3.90. The Morgan fingerprint density at radius 2 is 2.07 bits per heavy atom. The molecule has 2 saturated carbocycles. The maximum Gasteiger partial charge on any atom is 0.0209 e. The van der Waals surface area contributed by atoms with Gasteiger partial charge in [0.1, 0.15) is 0 Å². The van der Waals surface area contributed by atoms with Crippen LogP contribution in [0.3, 0.4) is 0 Å². The first-order chi connectivity index (χ1) is 6.81. The van der Waals surface area contributed by atoms with Gasteiger partial charge in [-0.3, -0.25) is 0 Å². The summed E-state index contributed by atoms with van der Waals surface area (Å²) in [5.74, 6) is 2.11. The van der Waals surface area contributed by atoms with Gasteiger partial charge in [0.2, 0.25) is 0 Å². The van der Waals surface area contributed by atoms with E-state index in [-0.39, 0.29) is 0 Å². The summed E-state index contributed by atoms with van der Waals surface area (Å²) in [5, 5.41) is 3.90. The van der Waals surface area contributed by atoms with E-state index in [1.165, 1.54) is 45.2 Å². The van der Waals surface area contributed by atoms with Crippen molar-refractivity contribution in [3.8, 4) is 0 Å². The van der Waals surface area contributed by atoms with Crippen LogP contribution in [0.4, 0.5) is 0 Å². The summed E-state index contributed by atoms with van der Waals surface area (Å²) in [5.41, 5.74) is 0. The summed E-state index contributed by atoms with van der Waals surface area (Å²) in [6.07, 6.45) is 7.40. The van der Waals surface area contributed by atoms with Crippen molar-refractivity contribution in [1.82, 2.24) is 10.2 Å². The molecule has 4 atom stereocenters. The molecule has 0 radical (unpaired) electrons. The number of hydrogen-bond donors (Lipinski definition) is 1. The number of nitrogens with one attached hydrogen (secondary N) is 1. The Kier molecular flexibility index (Phi) is 2.29. The molecular formula is C12H22N2. The van der Waals surface area contributed by atoms with Gasteiger partial charge in [-0.15, -0.1) is 0 Å². The number of nitrogens with zero attached hydrogens (tertiary/aromatic N) is 1. The molecule has 1 aliphatic heterocycles. The van der Waals surface area contributed by atoms with Crippen LogP contribution in [0, 0.1) is 11.8 Å². The summed E-state index contributed by atoms with van der Waals surface area (Å²) in [4.78, 5) is 2.45. The molecule has 2 bridgehead atoms. The zero-order valence-electron chi connectivity index (χ0n) is 9.21. The van der Waals surface area contributed by atoms with Crippen molar-refractivity contribution in [2.75, 3.05) is 20.1 Å². The van der Waals surface area contributed by atoms with E-state index in [1.54, 1.807) is 0 Å². The quantitative estimate of drug-likeness (QED) is 0.716. The minimum absolute atomic E-state index is 0.796. The van der Waals surface area contributed by atoms with Crippen molar-refractivity contribution in [2.45, 2.75) is 44.2 Å². The van der Waals surface area contributed by atoms with Crippen LogP contribution in [0.1, 0.15) is 32.1 Å². The highest BCUT2D eigenvalue weighted by Crippen LogP contribution is 2.44. The molecule has 0 aromatic carbocycles. The average molecular weight is 194 g/mol. The van der Waals surface area contributed by atoms with Gasteiger partial charge in [-0.2, -0.15) is 0 Å². The fourth-order valence-electron chi connectivity index (χ4n) is 3.82. The Bertz CT molecular complexity index is 216. The van der Waals surface area contributed by atoms with E-state index in [0.717, 1.165) is 23.9 Å². The van der Waals surface area contributed by atoms with E-state index in [0.29, 0.717) is 0 Å². The molecule has 0 aromatic rings. The average Bonchev–Trinajstić information content (AvgIpc) is 2.82. The largest absolute Gasteiger partial charge is 0.310 e. The predicted octanol–water partition coefficient (Wildman–Crippen LogP) is 1.47. The first-order valence-corrected chi connectivity index (χ1v) is 6.26. The third-order valence-corrected chi connectivity index (χ3v) is 4.58. The molecule has 3 aliphatic rings. The molecule has 1 saturated heterocycles. The summed E-state index contributed by atoms with van der Waals surface area (Å²) < 4.78 is 0. The highest BCUT2D eigenvalue weighted by Gasteiger charge is 2.40. The molecule has 2 heteroatoms. The van der Waals surface area contributed by atoms with Crippen LogP contribution in [-0.2, 0) is 0 Å². The molecule has 3 fully saturated rings. The smallest absolute Gasteiger partial charge is 0.0209 e. The van der Waals surface area contributed by atoms with Gasteiger partial charge in [-0.05, 0) is 51.1 Å². The van der Waals surface area contributed by atoms with Crippen LogP contribution in [0.25, 0.3) is 0 Å². The highest BCUT2D eigenvalue weighted by molar-refractivity contribution is 4.96. The van der Waals surface area contributed by atoms with Crippen molar-refractivity contribution in [1.29, 1.82) is 0 Å². The lowest BCUT2D eigenvalue weighted by Crippen LogP contribution is -2.42. The van der Waals surface area contributed by atoms with Crippen molar-refractivity contribution < 1.29 is 0 Å². The van der Waals surface area contributed by atoms with E-state index in [1.807, 2.05) is 0 Å². The Morgan fingerprint density at radius 1 is 1.14 bits per heavy atom. The standard InChI is InChI=1S/C12H22N2/c1-14-5-4-11(8-14)13-12-7-9-2-3-10(12)6-9/h9-13H,2-8H2,1H3. The number of fused-ring (bicyclic) bond motifs is 2. The minimum Gasteiger partial charge on any atom is -0.310 e. The van der Waals surface area contributed by atoms with Gasteiger partial charge < -0.3 is 10.2 Å². The van der Waals surface area contributed by atoms with Crippen molar-refractivity contribution in [3.63, 3.8) is 0 Å². The van der Waals surface area contributed by atoms with Crippen molar-refractivity contribution >= 4 is 0 Å². The second-order valence-corrected chi connectivity index (χ2v) is 5.70. The van der Waals surface area contributed by atoms with Crippen LogP contribution in [0.15, 0.2) is 0 Å². The minimum atomic E-state index is 0.796. The van der Waals surface area contributed by atoms with Crippen LogP contribution in [0.2, 0.25) is 0 Å². The number of likely N-dealkylation sites (N-methyl/N-ethyl adjacent to an activating group) is 1. The van der Waals surface area contributed by atoms with E-state index >= 15 is 0 Å². The molecule has 0 aromatic heterocycles. The van der Waals surface area contributed by atoms with Gasteiger partial charge in [0.15, 0.2) is 0 Å². The van der Waals surface area contributed by atoms with Crippen LogP contribution in [-0.4, -0.2) is 37.1 Å². The summed E-state index contributed by atoms with van der Waals surface area (Å²) in [6, 6.07) is 1.68. The first-order valence-electron chi connectivity index (χ1n) is 6.26. The van der Waals surface area contributed by atoms with E-state index in [9.17, 15) is 0 Å². The molecule has 1 N–H and O–H groups in total. The molecule has 2 nitrogen and oxygen atoms in total. The molecular weight excluding hydrogens is 172 g/mol. The summed E-state index contributed by atoms with van der Waals surface area (Å²) in [7, 11) is 2.24. The van der Waals surface area contributed by atoms with E-state index < -0.39 is 0 Å². The Labute approximate surface area is 87.0 Å². The molecule has 0 spiro atoms. The second kappa shape index (κ2) is 3.49. The fraction of sp³-hybridized carbons (Fsp3) is 1.00. The zero-order valence-corrected chi connectivity index (χ0v) is 9.21. The maximum absolute atomic E-state index is 3.90. The zero-order chi connectivity index (χ0) is 9.54. The Balaban J connectivity index is 1.53. The number of likely N-dealkylation sites (tertiary alicyclic amines) is 1. The number of rotatable bonds is 2. The van der Waals surface area contributed by atoms with Gasteiger partial charge in [0, 0.05) is 18.6 Å². The van der Waals surface area contributed by atoms with Gasteiger partial charge in [-0.1, -0.05) is 6.42 Å². The van der Waals surface area contributed by atoms with Crippen LogP contribution in [0.5, 0.6) is 0 Å². The third kappa shape index (κ3) is 1.59. The molecule has 4 unspecified atom stereocenters. The molecule has 2 aliphatic carbocycles. The number of hydrogen-bond acceptors (Lipinski definition) is 2. The lowest BCUT2D eigenvalue weighted by Gasteiger charge is -2.26. The molecule has 3 rings (SSSR count). The van der Waals surface area contributed by atoms with Gasteiger partial charge in [0.25, 0.3) is 0 Å². The van der Waals surface area contributed by atoms with Gasteiger partial charge in [0.05, 0.1) is 0 Å². The van der Waals surface area contributed by atoms with Gasteiger partial charge in [-0.25, -0.2) is 0 Å². The SMILES string of the molecule is CN1CCC(NC2CC3CCC2C3)C1. The van der Waals surface area contributed by atoms with Crippen LogP contribution < -0.4 is 5.32 Å². The van der Waals surface area contributed by atoms with E-state index in [4.69, 9.17) is 0 Å². The Morgan fingerprint density at radius 3 is 2.64 bits per heavy atom. The monoisotopic (exact) mass is 194 g/mol. The normalized spacial score (nSPS) is 47.8. The lowest BCUT2D eigenvalue weighted by atomic mass is 9.94. The highest BCUT2D eigenvalue weighted by atomic mass is 15.2. The Hall–Kier alpha value is -0.0800. The van der Waals surface area contributed by atoms with Gasteiger partial charge >= 0.3 is 0 Å². The summed E-state index contributed by atoms with van der Waals surface area (Å²) in [6.45, 7) is 2.56. The topological polar surface area (TPSA) is 15.3 Å². The predicted molar refractivity (Wildman–Crippen MR) is 58.3 cm³/mol. The third-order valence-electron chi connectivity index (χ3n) is 4.58. The van der Waals surface area contributed by atoms with Crippen molar-refractivity contribution in [3.05, 3.63) is 0 Å². The lowest BCUT2D eigenvalue weighted by molar-refractivity contribution is 0.312. The molecule has 14 heavy (non-hydrogen) atoms. The first kappa shape index (κ1) is 9.17. The fourth-order valence-corrected chi connectivity index (χ4v) is 3.82. The molecule has 1 heterocycles. The molecule has 0 amide bonds. The van der Waals surface area contributed by atoms with E-state index in [2.05, 4.69) is 17.3 Å². The summed E-state index contributed by atoms with van der Waals surface area (Å²) >= 11 is 0. The molecule has 80 valence electrons. The van der Waals surface area contributed by atoms with Crippen molar-refractivity contribution in [2.24, 2.45) is 11.8 Å². The second-order valence-electron chi connectivity index (χ2n) is 5.70.